The van der Waals surface area contributed by atoms with Gasteiger partial charge in [0.15, 0.2) is 0 Å². The van der Waals surface area contributed by atoms with Crippen LogP contribution in [0.3, 0.4) is 0 Å². The number of sulfonamides is 1. The third-order valence-electron chi connectivity index (χ3n) is 7.64. The van der Waals surface area contributed by atoms with E-state index in [9.17, 15) is 28.1 Å². The van der Waals surface area contributed by atoms with Crippen LogP contribution in [0.5, 0.6) is 5.75 Å². The van der Waals surface area contributed by atoms with Gasteiger partial charge in [0.1, 0.15) is 18.3 Å². The molecule has 4 aromatic rings. The molecule has 0 heterocycles. The van der Waals surface area contributed by atoms with Gasteiger partial charge in [0.05, 0.1) is 22.6 Å². The van der Waals surface area contributed by atoms with E-state index in [0.29, 0.717) is 16.3 Å². The fourth-order valence-electron chi connectivity index (χ4n) is 5.14. The second-order valence-corrected chi connectivity index (χ2v) is 14.8. The summed E-state index contributed by atoms with van der Waals surface area (Å²) in [6, 6.07) is 24.6. The predicted molar refractivity (Wildman–Crippen MR) is 189 cm³/mol. The Morgan fingerprint density at radius 1 is 0.939 bits per heavy atom. The molecule has 2 amide bonds. The summed E-state index contributed by atoms with van der Waals surface area (Å²) in [5.41, 5.74) is 0.818. The molecule has 49 heavy (non-hydrogen) atoms. The maximum Gasteiger partial charge on any atom is 0.273 e. The van der Waals surface area contributed by atoms with Crippen LogP contribution in [0.15, 0.2) is 102 Å². The van der Waals surface area contributed by atoms with Gasteiger partial charge in [-0.25, -0.2) is 8.42 Å². The van der Waals surface area contributed by atoms with Crippen molar-refractivity contribution in [1.82, 2.24) is 10.2 Å². The monoisotopic (exact) mass is 706 g/mol. The normalized spacial score (nSPS) is 12.1. The molecule has 0 saturated heterocycles. The van der Waals surface area contributed by atoms with Crippen LogP contribution in [0.4, 0.5) is 11.4 Å². The van der Waals surface area contributed by atoms with Crippen LogP contribution >= 0.6 is 11.6 Å². The lowest BCUT2D eigenvalue weighted by atomic mass is 10.0. The number of benzene rings is 4. The number of halogens is 1. The summed E-state index contributed by atoms with van der Waals surface area (Å²) in [5, 5.41) is 15.2. The van der Waals surface area contributed by atoms with Crippen LogP contribution in [0.25, 0.3) is 0 Å². The zero-order chi connectivity index (χ0) is 35.9. The highest BCUT2D eigenvalue weighted by atomic mass is 35.5. The van der Waals surface area contributed by atoms with E-state index in [1.165, 1.54) is 43.2 Å². The van der Waals surface area contributed by atoms with E-state index in [1.54, 1.807) is 36.4 Å². The Hall–Kier alpha value is -4.94. The summed E-state index contributed by atoms with van der Waals surface area (Å²) in [7, 11) is -3.10. The third kappa shape index (κ3) is 9.58. The zero-order valence-electron chi connectivity index (χ0n) is 27.9. The first-order chi connectivity index (χ1) is 23.1. The minimum atomic E-state index is -4.56. The maximum atomic E-state index is 14.6. The molecule has 0 aliphatic carbocycles. The average molecular weight is 707 g/mol. The largest absolute Gasteiger partial charge is 0.497 e. The lowest BCUT2D eigenvalue weighted by Gasteiger charge is -2.35. The first kappa shape index (κ1) is 36.9. The van der Waals surface area contributed by atoms with E-state index < -0.39 is 44.9 Å². The topological polar surface area (TPSA) is 139 Å². The van der Waals surface area contributed by atoms with E-state index in [1.807, 2.05) is 51.1 Å². The smallest absolute Gasteiger partial charge is 0.273 e. The van der Waals surface area contributed by atoms with E-state index >= 15 is 0 Å². The number of carbonyl (C=O) groups excluding carboxylic acids is 2. The molecular formula is C36H39ClN4O7S. The van der Waals surface area contributed by atoms with Gasteiger partial charge >= 0.3 is 0 Å². The molecule has 0 aliphatic heterocycles. The number of carbonyl (C=O) groups is 2. The van der Waals surface area contributed by atoms with E-state index in [-0.39, 0.29) is 34.8 Å². The summed E-state index contributed by atoms with van der Waals surface area (Å²) < 4.78 is 34.8. The van der Waals surface area contributed by atoms with Gasteiger partial charge in [0, 0.05) is 35.2 Å². The second-order valence-electron chi connectivity index (χ2n) is 12.5. The minimum Gasteiger partial charge on any atom is -0.497 e. The van der Waals surface area contributed by atoms with Crippen molar-refractivity contribution < 1.29 is 27.7 Å². The lowest BCUT2D eigenvalue weighted by molar-refractivity contribution is -0.385. The number of rotatable bonds is 13. The number of amides is 2. The maximum absolute atomic E-state index is 14.6. The van der Waals surface area contributed by atoms with E-state index in [0.717, 1.165) is 15.9 Å². The zero-order valence-corrected chi connectivity index (χ0v) is 29.5. The fraction of sp³-hybridized carbons (Fsp3) is 0.278. The number of nitrogens with zero attached hydrogens (tertiary/aromatic N) is 3. The number of hydrogen-bond donors (Lipinski definition) is 1. The van der Waals surface area contributed by atoms with Crippen molar-refractivity contribution in [2.24, 2.45) is 0 Å². The third-order valence-corrected chi connectivity index (χ3v) is 9.66. The van der Waals surface area contributed by atoms with Gasteiger partial charge in [0.25, 0.3) is 15.7 Å². The molecular weight excluding hydrogens is 668 g/mol. The fourth-order valence-corrected chi connectivity index (χ4v) is 6.70. The number of nitro benzene ring substituents is 1. The van der Waals surface area contributed by atoms with Crippen molar-refractivity contribution in [2.75, 3.05) is 18.0 Å². The quantitative estimate of drug-likeness (QED) is 0.127. The molecule has 0 saturated carbocycles. The number of nitrogens with one attached hydrogen (secondary N) is 1. The van der Waals surface area contributed by atoms with Gasteiger partial charge < -0.3 is 15.0 Å². The van der Waals surface area contributed by atoms with Gasteiger partial charge in [-0.1, -0.05) is 60.1 Å². The van der Waals surface area contributed by atoms with Gasteiger partial charge in [-0.3, -0.25) is 24.0 Å². The Kier molecular flexibility index (Phi) is 11.7. The minimum absolute atomic E-state index is 0.0441. The SMILES string of the molecule is COc1ccc(N(CC(=O)N(Cc2ccc(Cl)cc2)[C@H](Cc2ccccc2)C(=O)NC(C)(C)C)S(=O)(=O)c2ccc(C)c([N+](=O)[O-])c2)cc1. The average Bonchev–Trinajstić information content (AvgIpc) is 3.05. The van der Waals surface area contributed by atoms with Crippen LogP contribution in [-0.4, -0.2) is 55.3 Å². The number of anilines is 1. The Bertz CT molecular complexity index is 1900. The summed E-state index contributed by atoms with van der Waals surface area (Å²) in [6.45, 7) is 6.22. The van der Waals surface area contributed by atoms with Crippen molar-refractivity contribution in [2.45, 2.75) is 57.1 Å². The second kappa shape index (κ2) is 15.5. The van der Waals surface area contributed by atoms with Crippen molar-refractivity contribution in [3.8, 4) is 5.75 Å². The summed E-state index contributed by atoms with van der Waals surface area (Å²) in [5.74, 6) is -0.655. The van der Waals surface area contributed by atoms with Crippen LogP contribution < -0.4 is 14.4 Å². The molecule has 0 fully saturated rings. The van der Waals surface area contributed by atoms with Crippen molar-refractivity contribution in [3.05, 3.63) is 129 Å². The first-order valence-electron chi connectivity index (χ1n) is 15.4. The molecule has 13 heteroatoms. The molecule has 1 atom stereocenters. The van der Waals surface area contributed by atoms with Crippen molar-refractivity contribution in [3.63, 3.8) is 0 Å². The standard InChI is InChI=1S/C36H39ClN4O7S/c1-25-11-20-31(22-32(25)41(44)45)49(46,47)40(29-16-18-30(48-5)19-17-29)24-34(42)39(23-27-12-14-28(37)15-13-27)33(35(43)38-36(2,3)4)21-26-9-7-6-8-10-26/h6-20,22,33H,21,23-24H2,1-5H3,(H,38,43)/t33-/m1/s1. The highest BCUT2D eigenvalue weighted by Crippen LogP contribution is 2.30. The molecule has 0 aromatic heterocycles. The van der Waals surface area contributed by atoms with E-state index in [2.05, 4.69) is 5.32 Å². The Morgan fingerprint density at radius 2 is 1.57 bits per heavy atom. The van der Waals surface area contributed by atoms with Gasteiger partial charge in [0.2, 0.25) is 11.8 Å². The Morgan fingerprint density at radius 3 is 2.14 bits per heavy atom. The summed E-state index contributed by atoms with van der Waals surface area (Å²) in [4.78, 5) is 40.7. The molecule has 0 aliphatic rings. The number of nitro groups is 1. The van der Waals surface area contributed by atoms with Crippen LogP contribution in [-0.2, 0) is 32.6 Å². The highest BCUT2D eigenvalue weighted by Gasteiger charge is 2.36. The van der Waals surface area contributed by atoms with Crippen molar-refractivity contribution in [1.29, 1.82) is 0 Å². The molecule has 1 N–H and O–H groups in total. The molecule has 0 radical (unpaired) electrons. The first-order valence-corrected chi connectivity index (χ1v) is 17.2. The van der Waals surface area contributed by atoms with Crippen molar-refractivity contribution >= 4 is 44.8 Å². The summed E-state index contributed by atoms with van der Waals surface area (Å²) >= 11 is 6.14. The Balaban J connectivity index is 1.85. The lowest BCUT2D eigenvalue weighted by Crippen LogP contribution is -2.56. The predicted octanol–water partition coefficient (Wildman–Crippen LogP) is 6.32. The number of ether oxygens (including phenoxy) is 1. The van der Waals surface area contributed by atoms with Gasteiger partial charge in [-0.05, 0) is 81.3 Å². The van der Waals surface area contributed by atoms with Crippen LogP contribution in [0.1, 0.15) is 37.5 Å². The van der Waals surface area contributed by atoms with Gasteiger partial charge in [-0.15, -0.1) is 0 Å². The van der Waals surface area contributed by atoms with E-state index in [4.69, 9.17) is 16.3 Å². The molecule has 4 aromatic carbocycles. The van der Waals surface area contributed by atoms with Gasteiger partial charge in [-0.2, -0.15) is 0 Å². The highest BCUT2D eigenvalue weighted by molar-refractivity contribution is 7.92. The molecule has 258 valence electrons. The molecule has 0 unspecified atom stereocenters. The summed E-state index contributed by atoms with van der Waals surface area (Å²) in [6.07, 6.45) is 0.140. The molecule has 0 bridgehead atoms. The molecule has 4 rings (SSSR count). The number of hydrogen-bond acceptors (Lipinski definition) is 7. The van der Waals surface area contributed by atoms with Crippen LogP contribution in [0.2, 0.25) is 5.02 Å². The number of methoxy groups -OCH3 is 1. The Labute approximate surface area is 291 Å². The van der Waals surface area contributed by atoms with Crippen LogP contribution in [0, 0.1) is 17.0 Å². The number of aryl methyl sites for hydroxylation is 1. The molecule has 11 nitrogen and oxygen atoms in total. The molecule has 0 spiro atoms.